The Morgan fingerprint density at radius 1 is 0.893 bits per heavy atom. The third-order valence-electron chi connectivity index (χ3n) is 4.43. The SMILES string of the molecule is CCOC(=O)c1c(C)n(-c2ccc(N(C)C)cc2)c(C)c(C(=O)OCC)c1=O. The number of nitrogens with zero attached hydrogens (tertiary/aromatic N) is 2. The van der Waals surface area contributed by atoms with Gasteiger partial charge >= 0.3 is 11.9 Å². The van der Waals surface area contributed by atoms with Gasteiger partial charge in [-0.1, -0.05) is 0 Å². The molecule has 0 aliphatic heterocycles. The summed E-state index contributed by atoms with van der Waals surface area (Å²) in [5, 5.41) is 0. The Labute approximate surface area is 164 Å². The number of aromatic nitrogens is 1. The van der Waals surface area contributed by atoms with Crippen LogP contribution in [0.3, 0.4) is 0 Å². The lowest BCUT2D eigenvalue weighted by atomic mass is 10.0. The zero-order chi connectivity index (χ0) is 21.0. The van der Waals surface area contributed by atoms with Crippen LogP contribution in [0.1, 0.15) is 46.0 Å². The van der Waals surface area contributed by atoms with Gasteiger partial charge in [-0.15, -0.1) is 0 Å². The first-order chi connectivity index (χ1) is 13.2. The number of carbonyl (C=O) groups excluding carboxylic acids is 2. The van der Waals surface area contributed by atoms with Gasteiger partial charge in [0.15, 0.2) is 0 Å². The van der Waals surface area contributed by atoms with E-state index in [4.69, 9.17) is 9.47 Å². The molecule has 0 aliphatic rings. The van der Waals surface area contributed by atoms with Gasteiger partial charge in [0, 0.05) is 36.9 Å². The van der Waals surface area contributed by atoms with Gasteiger partial charge in [0.25, 0.3) is 0 Å². The second kappa shape index (κ2) is 8.73. The Balaban J connectivity index is 2.82. The summed E-state index contributed by atoms with van der Waals surface area (Å²) in [6.45, 7) is 6.89. The fourth-order valence-electron chi connectivity index (χ4n) is 3.10. The monoisotopic (exact) mass is 386 g/mol. The van der Waals surface area contributed by atoms with Gasteiger partial charge in [0.05, 0.1) is 13.2 Å². The fraction of sp³-hybridized carbons (Fsp3) is 0.381. The summed E-state index contributed by atoms with van der Waals surface area (Å²) in [5.41, 5.74) is 1.54. The normalized spacial score (nSPS) is 10.5. The van der Waals surface area contributed by atoms with Crippen LogP contribution in [-0.4, -0.2) is 43.8 Å². The van der Waals surface area contributed by atoms with E-state index in [1.807, 2.05) is 43.3 Å². The van der Waals surface area contributed by atoms with Gasteiger partial charge in [-0.25, -0.2) is 9.59 Å². The maximum absolute atomic E-state index is 12.9. The predicted molar refractivity (Wildman–Crippen MR) is 108 cm³/mol. The minimum Gasteiger partial charge on any atom is -0.462 e. The van der Waals surface area contributed by atoms with Crippen LogP contribution in [0.2, 0.25) is 0 Å². The van der Waals surface area contributed by atoms with E-state index in [2.05, 4.69) is 0 Å². The summed E-state index contributed by atoms with van der Waals surface area (Å²) in [6, 6.07) is 7.56. The maximum atomic E-state index is 12.9. The van der Waals surface area contributed by atoms with Crippen molar-refractivity contribution >= 4 is 17.6 Å². The van der Waals surface area contributed by atoms with Crippen LogP contribution < -0.4 is 10.3 Å². The van der Waals surface area contributed by atoms with Crippen molar-refractivity contribution < 1.29 is 19.1 Å². The van der Waals surface area contributed by atoms with E-state index in [1.54, 1.807) is 32.3 Å². The zero-order valence-electron chi connectivity index (χ0n) is 17.2. The topological polar surface area (TPSA) is 77.8 Å². The quantitative estimate of drug-likeness (QED) is 0.711. The Bertz CT molecular complexity index is 894. The third-order valence-corrected chi connectivity index (χ3v) is 4.43. The number of pyridine rings is 1. The number of ether oxygens (including phenoxy) is 2. The molecule has 0 atom stereocenters. The predicted octanol–water partition coefficient (Wildman–Crippen LogP) is 2.87. The number of esters is 2. The molecule has 0 saturated heterocycles. The third kappa shape index (κ3) is 3.93. The van der Waals surface area contributed by atoms with Crippen molar-refractivity contribution in [1.82, 2.24) is 4.57 Å². The van der Waals surface area contributed by atoms with Crippen LogP contribution in [-0.2, 0) is 9.47 Å². The minimum absolute atomic E-state index is 0.123. The molecular formula is C21H26N2O5. The molecule has 7 nitrogen and oxygen atoms in total. The van der Waals surface area contributed by atoms with Crippen LogP contribution in [0.15, 0.2) is 29.1 Å². The molecule has 2 rings (SSSR count). The van der Waals surface area contributed by atoms with Crippen molar-refractivity contribution in [1.29, 1.82) is 0 Å². The smallest absolute Gasteiger partial charge is 0.343 e. The largest absolute Gasteiger partial charge is 0.462 e. The molecule has 7 heteroatoms. The number of hydrogen-bond acceptors (Lipinski definition) is 6. The van der Waals surface area contributed by atoms with E-state index < -0.39 is 17.4 Å². The second-order valence-electron chi connectivity index (χ2n) is 6.44. The molecule has 1 aromatic carbocycles. The highest BCUT2D eigenvalue weighted by atomic mass is 16.5. The molecule has 2 aromatic rings. The number of hydrogen-bond donors (Lipinski definition) is 0. The lowest BCUT2D eigenvalue weighted by Gasteiger charge is -2.21. The number of rotatable bonds is 6. The maximum Gasteiger partial charge on any atom is 0.343 e. The van der Waals surface area contributed by atoms with Gasteiger partial charge in [0.2, 0.25) is 5.43 Å². The Kier molecular flexibility index (Phi) is 6.62. The average Bonchev–Trinajstić information content (AvgIpc) is 2.62. The highest BCUT2D eigenvalue weighted by molar-refractivity contribution is 5.96. The van der Waals surface area contributed by atoms with Gasteiger partial charge < -0.3 is 18.9 Å². The lowest BCUT2D eigenvalue weighted by molar-refractivity contribution is 0.0519. The molecule has 150 valence electrons. The average molecular weight is 386 g/mol. The van der Waals surface area contributed by atoms with E-state index in [-0.39, 0.29) is 24.3 Å². The first-order valence-electron chi connectivity index (χ1n) is 9.12. The van der Waals surface area contributed by atoms with Gasteiger partial charge in [-0.3, -0.25) is 4.79 Å². The summed E-state index contributed by atoms with van der Waals surface area (Å²) in [4.78, 5) is 39.8. The van der Waals surface area contributed by atoms with E-state index in [0.29, 0.717) is 11.4 Å². The van der Waals surface area contributed by atoms with Crippen molar-refractivity contribution in [2.45, 2.75) is 27.7 Å². The van der Waals surface area contributed by atoms with Crippen LogP contribution in [0.5, 0.6) is 0 Å². The lowest BCUT2D eigenvalue weighted by Crippen LogP contribution is -2.31. The molecule has 0 fully saturated rings. The van der Waals surface area contributed by atoms with Crippen LogP contribution in [0.25, 0.3) is 5.69 Å². The number of carbonyl (C=O) groups is 2. The highest BCUT2D eigenvalue weighted by Gasteiger charge is 2.27. The Hall–Kier alpha value is -3.09. The minimum atomic E-state index is -0.755. The number of anilines is 1. The van der Waals surface area contributed by atoms with E-state index in [9.17, 15) is 14.4 Å². The molecule has 0 unspecified atom stereocenters. The summed E-state index contributed by atoms with van der Waals surface area (Å²) < 4.78 is 11.8. The molecule has 1 heterocycles. The van der Waals surface area contributed by atoms with E-state index in [1.165, 1.54) is 0 Å². The molecule has 0 bridgehead atoms. The van der Waals surface area contributed by atoms with Crippen LogP contribution >= 0.6 is 0 Å². The second-order valence-corrected chi connectivity index (χ2v) is 6.44. The highest BCUT2D eigenvalue weighted by Crippen LogP contribution is 2.22. The van der Waals surface area contributed by atoms with Crippen molar-refractivity contribution in [3.63, 3.8) is 0 Å². The molecular weight excluding hydrogens is 360 g/mol. The fourth-order valence-corrected chi connectivity index (χ4v) is 3.10. The van der Waals surface area contributed by atoms with Crippen molar-refractivity contribution in [2.75, 3.05) is 32.2 Å². The first kappa shape index (κ1) is 21.2. The van der Waals surface area contributed by atoms with Crippen molar-refractivity contribution in [2.24, 2.45) is 0 Å². The molecule has 28 heavy (non-hydrogen) atoms. The van der Waals surface area contributed by atoms with Crippen molar-refractivity contribution in [3.8, 4) is 5.69 Å². The van der Waals surface area contributed by atoms with Crippen LogP contribution in [0.4, 0.5) is 5.69 Å². The zero-order valence-corrected chi connectivity index (χ0v) is 17.2. The molecule has 0 spiro atoms. The summed E-state index contributed by atoms with van der Waals surface area (Å²) in [5.74, 6) is -1.51. The molecule has 0 aliphatic carbocycles. The molecule has 0 radical (unpaired) electrons. The first-order valence-corrected chi connectivity index (χ1v) is 9.12. The molecule has 0 N–H and O–H groups in total. The Morgan fingerprint density at radius 3 is 1.68 bits per heavy atom. The summed E-state index contributed by atoms with van der Waals surface area (Å²) in [6.07, 6.45) is 0. The van der Waals surface area contributed by atoms with E-state index >= 15 is 0 Å². The van der Waals surface area contributed by atoms with Crippen LogP contribution in [0, 0.1) is 13.8 Å². The van der Waals surface area contributed by atoms with Gasteiger partial charge in [-0.2, -0.15) is 0 Å². The standard InChI is InChI=1S/C21H26N2O5/c1-7-27-20(25)17-13(3)23(16-11-9-15(10-12-16)22(5)6)14(4)18(19(17)24)21(26)28-8-2/h9-12H,7-8H2,1-6H3. The Morgan fingerprint density at radius 2 is 1.32 bits per heavy atom. The summed E-state index contributed by atoms with van der Waals surface area (Å²) >= 11 is 0. The van der Waals surface area contributed by atoms with E-state index in [0.717, 1.165) is 11.4 Å². The molecule has 1 aromatic heterocycles. The summed E-state index contributed by atoms with van der Waals surface area (Å²) in [7, 11) is 3.87. The van der Waals surface area contributed by atoms with Gasteiger partial charge in [0.1, 0.15) is 11.1 Å². The molecule has 0 amide bonds. The number of benzene rings is 1. The van der Waals surface area contributed by atoms with Gasteiger partial charge in [-0.05, 0) is 52.0 Å². The molecule has 0 saturated carbocycles. The van der Waals surface area contributed by atoms with Crippen molar-refractivity contribution in [3.05, 3.63) is 57.0 Å².